The Morgan fingerprint density at radius 3 is 2.61 bits per heavy atom. The summed E-state index contributed by atoms with van der Waals surface area (Å²) in [7, 11) is -3.22. The fourth-order valence-corrected chi connectivity index (χ4v) is 5.76. The summed E-state index contributed by atoms with van der Waals surface area (Å²) < 4.78 is 74.1. The van der Waals surface area contributed by atoms with E-state index in [1.54, 1.807) is 0 Å². The molecular weight excluding hydrogens is 435 g/mol. The van der Waals surface area contributed by atoms with E-state index in [9.17, 15) is 26.4 Å². The quantitative estimate of drug-likeness (QED) is 0.683. The number of sulfone groups is 1. The molecule has 0 N–H and O–H groups in total. The van der Waals surface area contributed by atoms with Gasteiger partial charge in [-0.2, -0.15) is 13.2 Å². The predicted octanol–water partition coefficient (Wildman–Crippen LogP) is 3.77. The van der Waals surface area contributed by atoms with Crippen molar-refractivity contribution in [3.63, 3.8) is 0 Å². The Kier molecular flexibility index (Phi) is 5.87. The van der Waals surface area contributed by atoms with Crippen molar-refractivity contribution in [2.24, 2.45) is 0 Å². The van der Waals surface area contributed by atoms with Gasteiger partial charge in [0, 0.05) is 24.8 Å². The van der Waals surface area contributed by atoms with E-state index in [0.717, 1.165) is 25.0 Å². The third-order valence-corrected chi connectivity index (χ3v) is 7.38. The van der Waals surface area contributed by atoms with E-state index in [1.165, 1.54) is 29.2 Å². The second-order valence-corrected chi connectivity index (χ2v) is 10.1. The van der Waals surface area contributed by atoms with Crippen LogP contribution in [0.4, 0.5) is 13.2 Å². The van der Waals surface area contributed by atoms with Crippen LogP contribution >= 0.6 is 0 Å². The number of ether oxygens (including phenoxy) is 1. The first kappa shape index (κ1) is 21.9. The number of alkyl halides is 3. The van der Waals surface area contributed by atoms with Crippen molar-refractivity contribution < 1.29 is 35.5 Å². The molecule has 2 atom stereocenters. The lowest BCUT2D eigenvalue weighted by Crippen LogP contribution is -2.45. The van der Waals surface area contributed by atoms with Crippen LogP contribution in [-0.4, -0.2) is 56.0 Å². The van der Waals surface area contributed by atoms with Crippen molar-refractivity contribution in [2.75, 3.05) is 24.7 Å². The Morgan fingerprint density at radius 1 is 1.16 bits per heavy atom. The van der Waals surface area contributed by atoms with Crippen molar-refractivity contribution >= 4 is 15.7 Å². The number of amides is 1. The topological polar surface area (TPSA) is 76.8 Å². The molecule has 1 amide bonds. The summed E-state index contributed by atoms with van der Waals surface area (Å²) in [4.78, 5) is 14.7. The van der Waals surface area contributed by atoms with E-state index in [-0.39, 0.29) is 41.2 Å². The molecule has 10 heteroatoms. The molecule has 2 aliphatic heterocycles. The van der Waals surface area contributed by atoms with E-state index in [4.69, 9.17) is 9.15 Å². The Labute approximate surface area is 177 Å². The number of benzene rings is 1. The fourth-order valence-electron chi connectivity index (χ4n) is 4.03. The highest BCUT2D eigenvalue weighted by atomic mass is 32.2. The van der Waals surface area contributed by atoms with Gasteiger partial charge in [0.15, 0.2) is 15.6 Å². The molecule has 2 fully saturated rings. The highest BCUT2D eigenvalue weighted by Crippen LogP contribution is 2.33. The summed E-state index contributed by atoms with van der Waals surface area (Å²) >= 11 is 0. The van der Waals surface area contributed by atoms with E-state index >= 15 is 0 Å². The van der Waals surface area contributed by atoms with Gasteiger partial charge < -0.3 is 14.1 Å². The first-order valence-electron chi connectivity index (χ1n) is 10.0. The van der Waals surface area contributed by atoms with Gasteiger partial charge in [-0.1, -0.05) is 12.1 Å². The summed E-state index contributed by atoms with van der Waals surface area (Å²) in [5, 5.41) is 0. The summed E-state index contributed by atoms with van der Waals surface area (Å²) in [5.74, 6) is -0.510. The SMILES string of the molecule is O=C(c1ccc(-c2cccc(C(F)(F)F)c2)o1)N(C[C@@H]1CCCO1)[C@H]1CCS(=O)(=O)C1. The van der Waals surface area contributed by atoms with Crippen LogP contribution in [0, 0.1) is 0 Å². The summed E-state index contributed by atoms with van der Waals surface area (Å²) in [5.41, 5.74) is -0.617. The number of nitrogens with zero attached hydrogens (tertiary/aromatic N) is 1. The maximum atomic E-state index is 13.2. The number of carbonyl (C=O) groups is 1. The van der Waals surface area contributed by atoms with Gasteiger partial charge in [0.25, 0.3) is 5.91 Å². The lowest BCUT2D eigenvalue weighted by molar-refractivity contribution is -0.137. The van der Waals surface area contributed by atoms with Crippen LogP contribution in [-0.2, 0) is 20.8 Å². The molecule has 2 aliphatic rings. The largest absolute Gasteiger partial charge is 0.451 e. The maximum Gasteiger partial charge on any atom is 0.416 e. The smallest absolute Gasteiger partial charge is 0.416 e. The molecule has 0 aliphatic carbocycles. The number of carbonyl (C=O) groups excluding carboxylic acids is 1. The van der Waals surface area contributed by atoms with Crippen molar-refractivity contribution in [1.82, 2.24) is 4.90 Å². The van der Waals surface area contributed by atoms with Gasteiger partial charge in [-0.05, 0) is 43.5 Å². The molecule has 0 bridgehead atoms. The third-order valence-electron chi connectivity index (χ3n) is 5.63. The molecule has 6 nitrogen and oxygen atoms in total. The molecule has 4 rings (SSSR count). The number of rotatable bonds is 5. The third kappa shape index (κ3) is 4.95. The first-order chi connectivity index (χ1) is 14.6. The zero-order valence-electron chi connectivity index (χ0n) is 16.6. The number of hydrogen-bond acceptors (Lipinski definition) is 5. The van der Waals surface area contributed by atoms with E-state index in [2.05, 4.69) is 0 Å². The number of halogens is 3. The lowest BCUT2D eigenvalue weighted by atomic mass is 10.1. The molecule has 1 aromatic carbocycles. The van der Waals surface area contributed by atoms with Crippen LogP contribution in [0.2, 0.25) is 0 Å². The predicted molar refractivity (Wildman–Crippen MR) is 106 cm³/mol. The minimum Gasteiger partial charge on any atom is -0.451 e. The van der Waals surface area contributed by atoms with Crippen LogP contribution in [0.1, 0.15) is 35.4 Å². The van der Waals surface area contributed by atoms with E-state index in [1.807, 2.05) is 0 Å². The van der Waals surface area contributed by atoms with Crippen LogP contribution in [0.25, 0.3) is 11.3 Å². The molecule has 2 saturated heterocycles. The van der Waals surface area contributed by atoms with E-state index < -0.39 is 33.5 Å². The molecule has 3 heterocycles. The highest BCUT2D eigenvalue weighted by molar-refractivity contribution is 7.91. The molecule has 1 aromatic heterocycles. The minimum absolute atomic E-state index is 0.0145. The van der Waals surface area contributed by atoms with Gasteiger partial charge in [0.2, 0.25) is 0 Å². The highest BCUT2D eigenvalue weighted by Gasteiger charge is 2.37. The van der Waals surface area contributed by atoms with Crippen LogP contribution in [0.3, 0.4) is 0 Å². The first-order valence-corrected chi connectivity index (χ1v) is 11.8. The minimum atomic E-state index is -4.49. The Morgan fingerprint density at radius 2 is 1.97 bits per heavy atom. The van der Waals surface area contributed by atoms with Gasteiger partial charge in [-0.25, -0.2) is 8.42 Å². The molecule has 0 radical (unpaired) electrons. The average Bonchev–Trinajstić information content (AvgIpc) is 3.46. The second kappa shape index (κ2) is 8.31. The summed E-state index contributed by atoms with van der Waals surface area (Å²) in [6.07, 6.45) is -2.69. The molecule has 168 valence electrons. The summed E-state index contributed by atoms with van der Waals surface area (Å²) in [6.45, 7) is 0.842. The lowest BCUT2D eigenvalue weighted by Gasteiger charge is -2.29. The average molecular weight is 457 g/mol. The maximum absolute atomic E-state index is 13.2. The Hall–Kier alpha value is -2.33. The van der Waals surface area contributed by atoms with Crippen molar-refractivity contribution in [1.29, 1.82) is 0 Å². The van der Waals surface area contributed by atoms with Gasteiger partial charge in [0.1, 0.15) is 5.76 Å². The van der Waals surface area contributed by atoms with Gasteiger partial charge in [-0.3, -0.25) is 4.79 Å². The standard InChI is InChI=1S/C21H22F3NO5S/c22-21(23,24)15-4-1-3-14(11-15)18-6-7-19(30-18)20(26)25(12-17-5-2-9-29-17)16-8-10-31(27,28)13-16/h1,3-4,6-7,11,16-17H,2,5,8-10,12-13H2/t16-,17-/m0/s1. The fraction of sp³-hybridized carbons (Fsp3) is 0.476. The van der Waals surface area contributed by atoms with E-state index in [0.29, 0.717) is 13.0 Å². The molecule has 31 heavy (non-hydrogen) atoms. The van der Waals surface area contributed by atoms with Crippen molar-refractivity contribution in [2.45, 2.75) is 37.6 Å². The van der Waals surface area contributed by atoms with Crippen LogP contribution in [0.15, 0.2) is 40.8 Å². The second-order valence-electron chi connectivity index (χ2n) is 7.89. The van der Waals surface area contributed by atoms with Crippen molar-refractivity contribution in [3.05, 3.63) is 47.7 Å². The monoisotopic (exact) mass is 457 g/mol. The zero-order valence-corrected chi connectivity index (χ0v) is 17.4. The van der Waals surface area contributed by atoms with Crippen LogP contribution < -0.4 is 0 Å². The molecule has 0 spiro atoms. The Bertz CT molecular complexity index is 1060. The normalized spacial score (nSPS) is 23.2. The zero-order chi connectivity index (χ0) is 22.2. The summed E-state index contributed by atoms with van der Waals surface area (Å²) in [6, 6.07) is 7.03. The number of hydrogen-bond donors (Lipinski definition) is 0. The van der Waals surface area contributed by atoms with Crippen molar-refractivity contribution in [3.8, 4) is 11.3 Å². The van der Waals surface area contributed by atoms with Gasteiger partial charge in [0.05, 0.1) is 23.2 Å². The number of furan rings is 1. The van der Waals surface area contributed by atoms with Gasteiger partial charge >= 0.3 is 6.18 Å². The molecular formula is C21H22F3NO5S. The van der Waals surface area contributed by atoms with Crippen LogP contribution in [0.5, 0.6) is 0 Å². The van der Waals surface area contributed by atoms with Gasteiger partial charge in [-0.15, -0.1) is 0 Å². The molecule has 0 saturated carbocycles. The Balaban J connectivity index is 1.58. The molecule has 0 unspecified atom stereocenters. The molecule has 2 aromatic rings.